The second-order valence-electron chi connectivity index (χ2n) is 4.29. The SMILES string of the molecule is NC1CN(C(=O)c2n[nH]c(C3CC3)n2)C1. The van der Waals surface area contributed by atoms with E-state index in [2.05, 4.69) is 15.2 Å². The number of hydrogen-bond acceptors (Lipinski definition) is 4. The number of aromatic amines is 1. The first-order valence-electron chi connectivity index (χ1n) is 5.21. The Labute approximate surface area is 86.9 Å². The lowest BCUT2D eigenvalue weighted by atomic mass is 10.1. The number of rotatable bonds is 2. The summed E-state index contributed by atoms with van der Waals surface area (Å²) in [7, 11) is 0. The van der Waals surface area contributed by atoms with Gasteiger partial charge in [0.2, 0.25) is 5.82 Å². The zero-order chi connectivity index (χ0) is 10.4. The summed E-state index contributed by atoms with van der Waals surface area (Å²) in [5.41, 5.74) is 5.61. The summed E-state index contributed by atoms with van der Waals surface area (Å²) < 4.78 is 0. The molecule has 15 heavy (non-hydrogen) atoms. The van der Waals surface area contributed by atoms with Gasteiger partial charge in [-0.15, -0.1) is 5.10 Å². The standard InChI is InChI=1S/C9H13N5O/c10-6-3-14(4-6)9(15)8-11-7(12-13-8)5-1-2-5/h5-6H,1-4,10H2,(H,11,12,13). The third-order valence-electron chi connectivity index (χ3n) is 2.86. The lowest BCUT2D eigenvalue weighted by Crippen LogP contribution is -2.58. The van der Waals surface area contributed by atoms with E-state index in [4.69, 9.17) is 5.73 Å². The van der Waals surface area contributed by atoms with Crippen molar-refractivity contribution in [1.29, 1.82) is 0 Å². The van der Waals surface area contributed by atoms with Gasteiger partial charge in [0.25, 0.3) is 5.91 Å². The lowest BCUT2D eigenvalue weighted by molar-refractivity contribution is 0.0595. The molecule has 1 aliphatic heterocycles. The topological polar surface area (TPSA) is 87.9 Å². The van der Waals surface area contributed by atoms with Gasteiger partial charge >= 0.3 is 0 Å². The fourth-order valence-corrected chi connectivity index (χ4v) is 1.73. The molecule has 0 radical (unpaired) electrons. The van der Waals surface area contributed by atoms with Crippen molar-refractivity contribution in [1.82, 2.24) is 20.1 Å². The summed E-state index contributed by atoms with van der Waals surface area (Å²) in [5.74, 6) is 1.52. The highest BCUT2D eigenvalue weighted by Gasteiger charge is 2.32. The number of nitrogens with one attached hydrogen (secondary N) is 1. The van der Waals surface area contributed by atoms with Gasteiger partial charge in [0.15, 0.2) is 0 Å². The summed E-state index contributed by atoms with van der Waals surface area (Å²) in [5, 5.41) is 6.76. The molecular weight excluding hydrogens is 194 g/mol. The second kappa shape index (κ2) is 3.03. The number of nitrogens with two attached hydrogens (primary N) is 1. The quantitative estimate of drug-likeness (QED) is 0.682. The van der Waals surface area contributed by atoms with Crippen LogP contribution in [-0.2, 0) is 0 Å². The van der Waals surface area contributed by atoms with Crippen LogP contribution in [0.2, 0.25) is 0 Å². The van der Waals surface area contributed by atoms with E-state index < -0.39 is 0 Å². The second-order valence-corrected chi connectivity index (χ2v) is 4.29. The largest absolute Gasteiger partial charge is 0.333 e. The van der Waals surface area contributed by atoms with Crippen LogP contribution in [0.1, 0.15) is 35.2 Å². The van der Waals surface area contributed by atoms with Crippen molar-refractivity contribution in [2.45, 2.75) is 24.8 Å². The average molecular weight is 207 g/mol. The number of carbonyl (C=O) groups excluding carboxylic acids is 1. The Bertz CT molecular complexity index is 391. The molecule has 6 heteroatoms. The average Bonchev–Trinajstić information content (AvgIpc) is 2.91. The molecular formula is C9H13N5O. The molecule has 2 aliphatic rings. The fourth-order valence-electron chi connectivity index (χ4n) is 1.73. The van der Waals surface area contributed by atoms with Crippen LogP contribution in [0.5, 0.6) is 0 Å². The number of H-pyrrole nitrogens is 1. The van der Waals surface area contributed by atoms with Gasteiger partial charge in [0, 0.05) is 25.0 Å². The van der Waals surface area contributed by atoms with Crippen LogP contribution in [-0.4, -0.2) is 45.1 Å². The summed E-state index contributed by atoms with van der Waals surface area (Å²) in [6, 6.07) is 0.121. The Morgan fingerprint density at radius 1 is 1.47 bits per heavy atom. The highest BCUT2D eigenvalue weighted by Crippen LogP contribution is 2.37. The molecule has 3 rings (SSSR count). The van der Waals surface area contributed by atoms with Gasteiger partial charge in [-0.2, -0.15) is 0 Å². The molecule has 1 amide bonds. The van der Waals surface area contributed by atoms with E-state index in [0.717, 1.165) is 18.7 Å². The third-order valence-corrected chi connectivity index (χ3v) is 2.86. The van der Waals surface area contributed by atoms with Gasteiger partial charge < -0.3 is 10.6 Å². The number of amides is 1. The zero-order valence-corrected chi connectivity index (χ0v) is 8.31. The molecule has 3 N–H and O–H groups in total. The molecule has 2 fully saturated rings. The molecule has 1 aromatic rings. The first-order valence-corrected chi connectivity index (χ1v) is 5.21. The van der Waals surface area contributed by atoms with E-state index in [0.29, 0.717) is 19.0 Å². The first kappa shape index (κ1) is 8.84. The summed E-state index contributed by atoms with van der Waals surface area (Å²) >= 11 is 0. The summed E-state index contributed by atoms with van der Waals surface area (Å²) in [4.78, 5) is 17.6. The monoisotopic (exact) mass is 207 g/mol. The number of aromatic nitrogens is 3. The van der Waals surface area contributed by atoms with Crippen molar-refractivity contribution in [3.05, 3.63) is 11.6 Å². The molecule has 0 atom stereocenters. The number of hydrogen-bond donors (Lipinski definition) is 2. The number of carbonyl (C=O) groups is 1. The summed E-state index contributed by atoms with van der Waals surface area (Å²) in [6.45, 7) is 1.23. The van der Waals surface area contributed by atoms with Crippen LogP contribution in [0.25, 0.3) is 0 Å². The molecule has 6 nitrogen and oxygen atoms in total. The van der Waals surface area contributed by atoms with Crippen molar-refractivity contribution in [2.75, 3.05) is 13.1 Å². The minimum Gasteiger partial charge on any atom is -0.333 e. The van der Waals surface area contributed by atoms with Crippen LogP contribution >= 0.6 is 0 Å². The van der Waals surface area contributed by atoms with E-state index >= 15 is 0 Å². The van der Waals surface area contributed by atoms with Crippen LogP contribution in [0.15, 0.2) is 0 Å². The molecule has 2 heterocycles. The smallest absolute Gasteiger partial charge is 0.293 e. The first-order chi connectivity index (χ1) is 7.24. The van der Waals surface area contributed by atoms with Crippen molar-refractivity contribution in [3.63, 3.8) is 0 Å². The van der Waals surface area contributed by atoms with E-state index in [1.165, 1.54) is 0 Å². The predicted molar refractivity (Wildman–Crippen MR) is 52.2 cm³/mol. The van der Waals surface area contributed by atoms with Gasteiger partial charge in [0.1, 0.15) is 5.82 Å². The van der Waals surface area contributed by atoms with Crippen molar-refractivity contribution >= 4 is 5.91 Å². The third kappa shape index (κ3) is 1.50. The van der Waals surface area contributed by atoms with E-state index in [-0.39, 0.29) is 17.8 Å². The molecule has 0 spiro atoms. The Hall–Kier alpha value is -1.43. The van der Waals surface area contributed by atoms with Gasteiger partial charge in [-0.25, -0.2) is 4.98 Å². The summed E-state index contributed by atoms with van der Waals surface area (Å²) in [6.07, 6.45) is 2.30. The van der Waals surface area contributed by atoms with Crippen molar-refractivity contribution in [3.8, 4) is 0 Å². The molecule has 1 aromatic heterocycles. The van der Waals surface area contributed by atoms with Crippen LogP contribution < -0.4 is 5.73 Å². The van der Waals surface area contributed by atoms with E-state index in [1.54, 1.807) is 4.90 Å². The molecule has 0 bridgehead atoms. The lowest BCUT2D eigenvalue weighted by Gasteiger charge is -2.35. The Kier molecular flexibility index (Phi) is 1.79. The predicted octanol–water partition coefficient (Wildman–Crippen LogP) is -0.535. The zero-order valence-electron chi connectivity index (χ0n) is 8.31. The van der Waals surface area contributed by atoms with Gasteiger partial charge in [0.05, 0.1) is 0 Å². The Balaban J connectivity index is 1.71. The van der Waals surface area contributed by atoms with E-state index in [1.807, 2.05) is 0 Å². The molecule has 1 aliphatic carbocycles. The molecule has 80 valence electrons. The van der Waals surface area contributed by atoms with Crippen LogP contribution in [0.3, 0.4) is 0 Å². The molecule has 0 unspecified atom stereocenters. The van der Waals surface area contributed by atoms with Gasteiger partial charge in [-0.1, -0.05) is 0 Å². The number of nitrogens with zero attached hydrogens (tertiary/aromatic N) is 3. The minimum absolute atomic E-state index is 0.111. The normalized spacial score (nSPS) is 21.5. The maximum absolute atomic E-state index is 11.8. The molecule has 0 aromatic carbocycles. The van der Waals surface area contributed by atoms with E-state index in [9.17, 15) is 4.79 Å². The van der Waals surface area contributed by atoms with Crippen LogP contribution in [0, 0.1) is 0 Å². The highest BCUT2D eigenvalue weighted by atomic mass is 16.2. The van der Waals surface area contributed by atoms with Crippen LogP contribution in [0.4, 0.5) is 0 Å². The Morgan fingerprint density at radius 2 is 2.20 bits per heavy atom. The van der Waals surface area contributed by atoms with Gasteiger partial charge in [-0.3, -0.25) is 9.89 Å². The fraction of sp³-hybridized carbons (Fsp3) is 0.667. The number of likely N-dealkylation sites (tertiary alicyclic amines) is 1. The van der Waals surface area contributed by atoms with Crippen molar-refractivity contribution in [2.24, 2.45) is 5.73 Å². The maximum atomic E-state index is 11.8. The minimum atomic E-state index is -0.111. The molecule has 1 saturated heterocycles. The maximum Gasteiger partial charge on any atom is 0.293 e. The van der Waals surface area contributed by atoms with Gasteiger partial charge in [-0.05, 0) is 12.8 Å². The molecule has 1 saturated carbocycles. The Morgan fingerprint density at radius 3 is 2.80 bits per heavy atom. The van der Waals surface area contributed by atoms with Crippen molar-refractivity contribution < 1.29 is 4.79 Å². The highest BCUT2D eigenvalue weighted by molar-refractivity contribution is 5.91.